The third kappa shape index (κ3) is 3.28. The second-order valence-electron chi connectivity index (χ2n) is 5.45. The summed E-state index contributed by atoms with van der Waals surface area (Å²) in [5.74, 6) is 0.186. The Morgan fingerprint density at radius 2 is 2.05 bits per heavy atom. The van der Waals surface area contributed by atoms with Crippen LogP contribution in [0.2, 0.25) is 0 Å². The lowest BCUT2D eigenvalue weighted by Crippen LogP contribution is -2.45. The number of fused-ring (bicyclic) bond motifs is 1. The Bertz CT molecular complexity index is 540. The number of rotatable bonds is 4. The fourth-order valence-corrected chi connectivity index (χ4v) is 3.35. The van der Waals surface area contributed by atoms with E-state index in [1.165, 1.54) is 5.56 Å². The van der Waals surface area contributed by atoms with Crippen molar-refractivity contribution in [1.29, 1.82) is 0 Å². The van der Waals surface area contributed by atoms with Gasteiger partial charge in [-0.3, -0.25) is 0 Å². The van der Waals surface area contributed by atoms with E-state index in [0.717, 1.165) is 18.7 Å². The lowest BCUT2D eigenvalue weighted by molar-refractivity contribution is 0.577. The van der Waals surface area contributed by atoms with E-state index in [4.69, 9.17) is 5.73 Å². The van der Waals surface area contributed by atoms with Crippen molar-refractivity contribution in [2.24, 2.45) is 5.73 Å². The molecule has 1 heterocycles. The zero-order valence-corrected chi connectivity index (χ0v) is 12.4. The highest BCUT2D eigenvalue weighted by atomic mass is 32.2. The molecule has 0 aromatic heterocycles. The summed E-state index contributed by atoms with van der Waals surface area (Å²) in [4.78, 5) is 2.10. The van der Waals surface area contributed by atoms with Gasteiger partial charge in [-0.2, -0.15) is 0 Å². The predicted molar refractivity (Wildman–Crippen MR) is 79.3 cm³/mol. The van der Waals surface area contributed by atoms with E-state index in [1.54, 1.807) is 13.8 Å². The summed E-state index contributed by atoms with van der Waals surface area (Å²) in [7, 11) is -3.00. The average molecular weight is 282 g/mol. The van der Waals surface area contributed by atoms with Gasteiger partial charge in [-0.25, -0.2) is 8.42 Å². The van der Waals surface area contributed by atoms with Gasteiger partial charge in [0, 0.05) is 24.8 Å². The molecule has 5 heteroatoms. The molecule has 0 amide bonds. The maximum absolute atomic E-state index is 11.9. The molecule has 0 spiro atoms. The number of hydrogen-bond acceptors (Lipinski definition) is 4. The minimum Gasteiger partial charge on any atom is -0.369 e. The lowest BCUT2D eigenvalue weighted by Gasteiger charge is -2.34. The Morgan fingerprint density at radius 3 is 2.74 bits per heavy atom. The van der Waals surface area contributed by atoms with Crippen LogP contribution in [-0.4, -0.2) is 38.6 Å². The number of nitrogens with zero attached hydrogens (tertiary/aromatic N) is 1. The van der Waals surface area contributed by atoms with E-state index in [1.807, 2.05) is 18.2 Å². The van der Waals surface area contributed by atoms with Crippen LogP contribution in [0, 0.1) is 0 Å². The topological polar surface area (TPSA) is 63.4 Å². The molecule has 106 valence electrons. The highest BCUT2D eigenvalue weighted by Gasteiger charge is 2.24. The van der Waals surface area contributed by atoms with Crippen molar-refractivity contribution >= 4 is 15.5 Å². The van der Waals surface area contributed by atoms with Gasteiger partial charge in [-0.1, -0.05) is 18.2 Å². The summed E-state index contributed by atoms with van der Waals surface area (Å²) in [5, 5.41) is -0.318. The molecule has 0 radical (unpaired) electrons. The molecule has 0 saturated carbocycles. The molecule has 19 heavy (non-hydrogen) atoms. The minimum atomic E-state index is -3.00. The molecule has 1 aliphatic rings. The highest BCUT2D eigenvalue weighted by molar-refractivity contribution is 7.92. The first kappa shape index (κ1) is 14.3. The minimum absolute atomic E-state index is 0.0802. The smallest absolute Gasteiger partial charge is 0.154 e. The number of hydrogen-bond donors (Lipinski definition) is 1. The van der Waals surface area contributed by atoms with Gasteiger partial charge in [0.15, 0.2) is 9.84 Å². The maximum Gasteiger partial charge on any atom is 0.154 e. The zero-order valence-electron chi connectivity index (χ0n) is 11.5. The summed E-state index contributed by atoms with van der Waals surface area (Å²) in [6.07, 6.45) is 0.865. The number of nitrogens with two attached hydrogens (primary N) is 1. The SMILES string of the molecule is CC(C)S(=O)(=O)CCN1CC(N)Cc2ccccc21. The summed E-state index contributed by atoms with van der Waals surface area (Å²) < 4.78 is 23.8. The molecule has 0 bridgehead atoms. The van der Waals surface area contributed by atoms with Crippen molar-refractivity contribution in [3.05, 3.63) is 29.8 Å². The highest BCUT2D eigenvalue weighted by Crippen LogP contribution is 2.26. The van der Waals surface area contributed by atoms with Crippen LogP contribution < -0.4 is 10.6 Å². The standard InChI is InChI=1S/C14H22N2O2S/c1-11(2)19(17,18)8-7-16-10-13(15)9-12-5-3-4-6-14(12)16/h3-6,11,13H,7-10,15H2,1-2H3. The number of para-hydroxylation sites is 1. The van der Waals surface area contributed by atoms with Gasteiger partial charge in [-0.15, -0.1) is 0 Å². The van der Waals surface area contributed by atoms with Crippen molar-refractivity contribution in [2.75, 3.05) is 23.7 Å². The van der Waals surface area contributed by atoms with Crippen molar-refractivity contribution in [2.45, 2.75) is 31.6 Å². The third-order valence-corrected chi connectivity index (χ3v) is 5.82. The first-order valence-electron chi connectivity index (χ1n) is 6.70. The molecule has 2 N–H and O–H groups in total. The van der Waals surface area contributed by atoms with Gasteiger partial charge in [0.25, 0.3) is 0 Å². The van der Waals surface area contributed by atoms with Gasteiger partial charge in [0.1, 0.15) is 0 Å². The van der Waals surface area contributed by atoms with Crippen LogP contribution in [0.25, 0.3) is 0 Å². The maximum atomic E-state index is 11.9. The molecular formula is C14H22N2O2S. The number of sulfone groups is 1. The second-order valence-corrected chi connectivity index (χ2v) is 8.13. The summed E-state index contributed by atoms with van der Waals surface area (Å²) in [6, 6.07) is 8.18. The van der Waals surface area contributed by atoms with Crippen LogP contribution in [0.15, 0.2) is 24.3 Å². The molecule has 4 nitrogen and oxygen atoms in total. The van der Waals surface area contributed by atoms with E-state index in [9.17, 15) is 8.42 Å². The van der Waals surface area contributed by atoms with Gasteiger partial charge < -0.3 is 10.6 Å². The van der Waals surface area contributed by atoms with Gasteiger partial charge in [-0.05, 0) is 31.9 Å². The van der Waals surface area contributed by atoms with Crippen LogP contribution in [0.5, 0.6) is 0 Å². The number of anilines is 1. The van der Waals surface area contributed by atoms with E-state index in [0.29, 0.717) is 6.54 Å². The van der Waals surface area contributed by atoms with Crippen LogP contribution in [-0.2, 0) is 16.3 Å². The monoisotopic (exact) mass is 282 g/mol. The van der Waals surface area contributed by atoms with E-state index in [-0.39, 0.29) is 17.0 Å². The van der Waals surface area contributed by atoms with Gasteiger partial charge in [0.05, 0.1) is 11.0 Å². The Hall–Kier alpha value is -1.07. The Kier molecular flexibility index (Phi) is 4.16. The van der Waals surface area contributed by atoms with Crippen molar-refractivity contribution < 1.29 is 8.42 Å². The fourth-order valence-electron chi connectivity index (χ4n) is 2.41. The third-order valence-electron chi connectivity index (χ3n) is 3.63. The fraction of sp³-hybridized carbons (Fsp3) is 0.571. The van der Waals surface area contributed by atoms with Crippen LogP contribution in [0.3, 0.4) is 0 Å². The Labute approximate surface area is 115 Å². The molecular weight excluding hydrogens is 260 g/mol. The lowest BCUT2D eigenvalue weighted by atomic mass is 9.99. The van der Waals surface area contributed by atoms with Crippen LogP contribution in [0.4, 0.5) is 5.69 Å². The van der Waals surface area contributed by atoms with Crippen molar-refractivity contribution in [1.82, 2.24) is 0 Å². The van der Waals surface area contributed by atoms with Crippen molar-refractivity contribution in [3.63, 3.8) is 0 Å². The summed E-state index contributed by atoms with van der Waals surface area (Å²) in [6.45, 7) is 4.70. The average Bonchev–Trinajstić information content (AvgIpc) is 2.35. The van der Waals surface area contributed by atoms with E-state index < -0.39 is 9.84 Å². The number of benzene rings is 1. The largest absolute Gasteiger partial charge is 0.369 e. The Morgan fingerprint density at radius 1 is 1.37 bits per heavy atom. The molecule has 1 atom stereocenters. The van der Waals surface area contributed by atoms with Crippen LogP contribution >= 0.6 is 0 Å². The second kappa shape index (κ2) is 5.51. The van der Waals surface area contributed by atoms with Crippen LogP contribution in [0.1, 0.15) is 19.4 Å². The molecule has 1 aromatic rings. The quantitative estimate of drug-likeness (QED) is 0.901. The summed E-state index contributed by atoms with van der Waals surface area (Å²) in [5.41, 5.74) is 8.39. The Balaban J connectivity index is 2.14. The first-order valence-corrected chi connectivity index (χ1v) is 8.41. The molecule has 0 fully saturated rings. The molecule has 1 aromatic carbocycles. The molecule has 1 aliphatic heterocycles. The van der Waals surface area contributed by atoms with Crippen molar-refractivity contribution in [3.8, 4) is 0 Å². The molecule has 2 rings (SSSR count). The molecule has 1 unspecified atom stereocenters. The van der Waals surface area contributed by atoms with E-state index in [2.05, 4.69) is 11.0 Å². The first-order chi connectivity index (χ1) is 8.90. The van der Waals surface area contributed by atoms with Gasteiger partial charge in [0.2, 0.25) is 0 Å². The van der Waals surface area contributed by atoms with Gasteiger partial charge >= 0.3 is 0 Å². The summed E-state index contributed by atoms with van der Waals surface area (Å²) >= 11 is 0. The van der Waals surface area contributed by atoms with E-state index >= 15 is 0 Å². The molecule has 0 aliphatic carbocycles. The predicted octanol–water partition coefficient (Wildman–Crippen LogP) is 1.20. The molecule has 0 saturated heterocycles. The zero-order chi connectivity index (χ0) is 14.0. The normalized spacial score (nSPS) is 19.6.